The molecule has 0 N–H and O–H groups in total. The predicted octanol–water partition coefficient (Wildman–Crippen LogP) is 1.63. The number of rotatable bonds is 6. The van der Waals surface area contributed by atoms with Gasteiger partial charge in [-0.05, 0) is 12.5 Å². The molecule has 8 nitrogen and oxygen atoms in total. The lowest BCUT2D eigenvalue weighted by atomic mass is 10.0. The van der Waals surface area contributed by atoms with E-state index in [-0.39, 0.29) is 17.7 Å². The van der Waals surface area contributed by atoms with E-state index in [0.717, 1.165) is 12.1 Å². The zero-order valence-electron chi connectivity index (χ0n) is 15.3. The molecular weight excluding hydrogens is 334 g/mol. The van der Waals surface area contributed by atoms with Crippen molar-refractivity contribution in [3.05, 3.63) is 36.1 Å². The van der Waals surface area contributed by atoms with Crippen LogP contribution in [0.25, 0.3) is 0 Å². The molecule has 140 valence electrons. The Balaban J connectivity index is 1.53. The first-order valence-electron chi connectivity index (χ1n) is 9.04. The minimum absolute atomic E-state index is 0.0903. The van der Waals surface area contributed by atoms with E-state index in [0.29, 0.717) is 50.9 Å². The van der Waals surface area contributed by atoms with Gasteiger partial charge in [-0.25, -0.2) is 9.97 Å². The van der Waals surface area contributed by atoms with Gasteiger partial charge in [0.25, 0.3) is 0 Å². The summed E-state index contributed by atoms with van der Waals surface area (Å²) in [6.07, 6.45) is 4.88. The number of aryl methyl sites for hydroxylation is 1. The van der Waals surface area contributed by atoms with E-state index >= 15 is 0 Å². The van der Waals surface area contributed by atoms with Gasteiger partial charge in [-0.3, -0.25) is 4.79 Å². The number of carbonyl (C=O) groups is 1. The van der Waals surface area contributed by atoms with Crippen molar-refractivity contribution in [3.63, 3.8) is 0 Å². The molecule has 1 saturated heterocycles. The van der Waals surface area contributed by atoms with Crippen LogP contribution in [0.3, 0.4) is 0 Å². The minimum Gasteiger partial charge on any atom is -0.425 e. The van der Waals surface area contributed by atoms with Gasteiger partial charge in [0.15, 0.2) is 0 Å². The Morgan fingerprint density at radius 1 is 1.38 bits per heavy atom. The molecule has 3 rings (SSSR count). The Morgan fingerprint density at radius 2 is 2.27 bits per heavy atom. The largest absolute Gasteiger partial charge is 0.425 e. The van der Waals surface area contributed by atoms with Gasteiger partial charge in [0.1, 0.15) is 6.33 Å². The molecule has 8 heteroatoms. The van der Waals surface area contributed by atoms with Crippen LogP contribution < -0.4 is 0 Å². The number of aromatic nitrogens is 4. The number of ether oxygens (including phenoxy) is 1. The minimum atomic E-state index is 0.0903. The van der Waals surface area contributed by atoms with Crippen LogP contribution in [0.5, 0.6) is 0 Å². The molecule has 0 saturated carbocycles. The van der Waals surface area contributed by atoms with Gasteiger partial charge < -0.3 is 14.1 Å². The SMILES string of the molecule is CC(C)c1nnc(CCC(=O)N2CCOC[C@H](Cc3ccncn3)C2)o1. The number of carbonyl (C=O) groups excluding carboxylic acids is 1. The average Bonchev–Trinajstić information content (AvgIpc) is 3.00. The second kappa shape index (κ2) is 8.84. The molecule has 0 aromatic carbocycles. The fourth-order valence-electron chi connectivity index (χ4n) is 2.94. The molecule has 2 aromatic heterocycles. The van der Waals surface area contributed by atoms with Gasteiger partial charge in [0.2, 0.25) is 17.7 Å². The highest BCUT2D eigenvalue weighted by Gasteiger charge is 2.23. The van der Waals surface area contributed by atoms with Crippen molar-refractivity contribution in [2.24, 2.45) is 5.92 Å². The van der Waals surface area contributed by atoms with Crippen molar-refractivity contribution in [3.8, 4) is 0 Å². The van der Waals surface area contributed by atoms with Crippen LogP contribution in [0, 0.1) is 5.92 Å². The first-order valence-corrected chi connectivity index (χ1v) is 9.04. The average molecular weight is 359 g/mol. The number of amides is 1. The standard InChI is InChI=1S/C18H25N5O3/c1-13(2)18-22-21-16(26-18)3-4-17(24)23-7-8-25-11-14(10-23)9-15-5-6-19-12-20-15/h5-6,12-14H,3-4,7-11H2,1-2H3/t14-/m1/s1. The summed E-state index contributed by atoms with van der Waals surface area (Å²) >= 11 is 0. The molecule has 2 aromatic rings. The first-order chi connectivity index (χ1) is 12.6. The molecule has 0 spiro atoms. The van der Waals surface area contributed by atoms with Gasteiger partial charge in [-0.2, -0.15) is 0 Å². The van der Waals surface area contributed by atoms with E-state index in [1.807, 2.05) is 24.8 Å². The molecule has 1 aliphatic heterocycles. The van der Waals surface area contributed by atoms with Crippen molar-refractivity contribution in [1.29, 1.82) is 0 Å². The van der Waals surface area contributed by atoms with E-state index in [1.54, 1.807) is 12.5 Å². The topological polar surface area (TPSA) is 94.2 Å². The van der Waals surface area contributed by atoms with Gasteiger partial charge >= 0.3 is 0 Å². The summed E-state index contributed by atoms with van der Waals surface area (Å²) in [5.74, 6) is 1.64. The molecule has 1 amide bonds. The normalized spacial score (nSPS) is 18.1. The molecule has 26 heavy (non-hydrogen) atoms. The van der Waals surface area contributed by atoms with Crippen molar-refractivity contribution in [1.82, 2.24) is 25.1 Å². The van der Waals surface area contributed by atoms with E-state index in [2.05, 4.69) is 20.2 Å². The van der Waals surface area contributed by atoms with Crippen LogP contribution in [0.15, 0.2) is 23.0 Å². The van der Waals surface area contributed by atoms with Crippen LogP contribution in [0.4, 0.5) is 0 Å². The summed E-state index contributed by atoms with van der Waals surface area (Å²) in [6, 6.07) is 1.90. The summed E-state index contributed by atoms with van der Waals surface area (Å²) in [6.45, 7) is 6.47. The van der Waals surface area contributed by atoms with Gasteiger partial charge in [-0.15, -0.1) is 10.2 Å². The second-order valence-electron chi connectivity index (χ2n) is 6.87. The summed E-state index contributed by atoms with van der Waals surface area (Å²) in [4.78, 5) is 22.7. The third-order valence-electron chi connectivity index (χ3n) is 4.36. The quantitative estimate of drug-likeness (QED) is 0.774. The number of hydrogen-bond acceptors (Lipinski definition) is 7. The Morgan fingerprint density at radius 3 is 3.00 bits per heavy atom. The van der Waals surface area contributed by atoms with Gasteiger partial charge in [0.05, 0.1) is 13.2 Å². The fourth-order valence-corrected chi connectivity index (χ4v) is 2.94. The highest BCUT2D eigenvalue weighted by molar-refractivity contribution is 5.76. The Labute approximate surface area is 153 Å². The molecule has 1 fully saturated rings. The third-order valence-corrected chi connectivity index (χ3v) is 4.36. The van der Waals surface area contributed by atoms with Gasteiger partial charge in [0, 0.05) is 49.7 Å². The van der Waals surface area contributed by atoms with E-state index in [9.17, 15) is 4.79 Å². The highest BCUT2D eigenvalue weighted by atomic mass is 16.5. The Bertz CT molecular complexity index is 704. The van der Waals surface area contributed by atoms with Crippen LogP contribution in [0.2, 0.25) is 0 Å². The third kappa shape index (κ3) is 5.08. The first kappa shape index (κ1) is 18.4. The monoisotopic (exact) mass is 359 g/mol. The van der Waals surface area contributed by atoms with Crippen molar-refractivity contribution < 1.29 is 13.9 Å². The molecule has 3 heterocycles. The maximum atomic E-state index is 12.6. The highest BCUT2D eigenvalue weighted by Crippen LogP contribution is 2.15. The zero-order valence-corrected chi connectivity index (χ0v) is 15.3. The second-order valence-corrected chi connectivity index (χ2v) is 6.87. The van der Waals surface area contributed by atoms with Crippen molar-refractivity contribution >= 4 is 5.91 Å². The van der Waals surface area contributed by atoms with Crippen LogP contribution >= 0.6 is 0 Å². The summed E-state index contributed by atoms with van der Waals surface area (Å²) in [5, 5.41) is 8.02. The zero-order chi connectivity index (χ0) is 18.4. The lowest BCUT2D eigenvalue weighted by Gasteiger charge is -2.23. The maximum Gasteiger partial charge on any atom is 0.223 e. The Hall–Kier alpha value is -2.35. The van der Waals surface area contributed by atoms with E-state index in [1.165, 1.54) is 0 Å². The summed E-state index contributed by atoms with van der Waals surface area (Å²) in [5.41, 5.74) is 0.968. The van der Waals surface area contributed by atoms with Crippen LogP contribution in [0.1, 0.15) is 43.7 Å². The maximum absolute atomic E-state index is 12.6. The lowest BCUT2D eigenvalue weighted by Crippen LogP contribution is -2.36. The molecular formula is C18H25N5O3. The lowest BCUT2D eigenvalue weighted by molar-refractivity contribution is -0.131. The molecule has 0 unspecified atom stereocenters. The summed E-state index contributed by atoms with van der Waals surface area (Å²) in [7, 11) is 0. The van der Waals surface area contributed by atoms with Crippen molar-refractivity contribution in [2.45, 2.75) is 39.0 Å². The smallest absolute Gasteiger partial charge is 0.223 e. The molecule has 1 aliphatic rings. The van der Waals surface area contributed by atoms with Crippen LogP contribution in [-0.2, 0) is 22.4 Å². The molecule has 1 atom stereocenters. The molecule has 0 bridgehead atoms. The Kier molecular flexibility index (Phi) is 6.27. The predicted molar refractivity (Wildman–Crippen MR) is 93.3 cm³/mol. The van der Waals surface area contributed by atoms with E-state index in [4.69, 9.17) is 9.15 Å². The molecule has 0 aliphatic carbocycles. The molecule has 0 radical (unpaired) electrons. The fraction of sp³-hybridized carbons (Fsp3) is 0.611. The van der Waals surface area contributed by atoms with Gasteiger partial charge in [-0.1, -0.05) is 13.8 Å². The van der Waals surface area contributed by atoms with Crippen molar-refractivity contribution in [2.75, 3.05) is 26.3 Å². The van der Waals surface area contributed by atoms with E-state index < -0.39 is 0 Å². The number of hydrogen-bond donors (Lipinski definition) is 0. The summed E-state index contributed by atoms with van der Waals surface area (Å²) < 4.78 is 11.2. The van der Waals surface area contributed by atoms with Crippen LogP contribution in [-0.4, -0.2) is 57.3 Å². The number of nitrogens with zero attached hydrogens (tertiary/aromatic N) is 5.